The molecule has 0 aliphatic carbocycles. The molecule has 2 rings (SSSR count). The van der Waals surface area contributed by atoms with Gasteiger partial charge in [-0.1, -0.05) is 26.2 Å². The number of nitrogens with zero attached hydrogens (tertiary/aromatic N) is 2. The monoisotopic (exact) mass is 430 g/mol. The fourth-order valence-electron chi connectivity index (χ4n) is 3.10. The molecule has 10 nitrogen and oxygen atoms in total. The average molecular weight is 430 g/mol. The van der Waals surface area contributed by atoms with Gasteiger partial charge in [0.05, 0.1) is 23.0 Å². The fraction of sp³-hybridized carbons (Fsp3) is 0.381. The number of anilines is 2. The Morgan fingerprint density at radius 1 is 1.06 bits per heavy atom. The molecule has 2 N–H and O–H groups in total. The third-order valence-corrected chi connectivity index (χ3v) is 4.71. The molecule has 0 spiro atoms. The van der Waals surface area contributed by atoms with Crippen LogP contribution in [-0.4, -0.2) is 28.9 Å². The van der Waals surface area contributed by atoms with E-state index in [4.69, 9.17) is 4.74 Å². The molecule has 0 aliphatic heterocycles. The van der Waals surface area contributed by atoms with E-state index in [-0.39, 0.29) is 29.7 Å². The molecule has 0 bridgehead atoms. The Morgan fingerprint density at radius 2 is 1.77 bits per heavy atom. The number of carbonyl (C=O) groups excluding carboxylic acids is 1. The van der Waals surface area contributed by atoms with E-state index in [0.717, 1.165) is 25.3 Å². The van der Waals surface area contributed by atoms with Gasteiger partial charge in [0.2, 0.25) is 5.91 Å². The lowest BCUT2D eigenvalue weighted by molar-refractivity contribution is -0.393. The first kappa shape index (κ1) is 23.6. The van der Waals surface area contributed by atoms with Gasteiger partial charge in [0.1, 0.15) is 11.4 Å². The third kappa shape index (κ3) is 7.25. The molecule has 0 saturated heterocycles. The zero-order chi connectivity index (χ0) is 22.8. The second kappa shape index (κ2) is 11.5. The minimum Gasteiger partial charge on any atom is -0.497 e. The van der Waals surface area contributed by atoms with E-state index < -0.39 is 15.5 Å². The normalized spacial score (nSPS) is 11.4. The SMILES string of the molecule is CCCCC[C@H](CC(=O)Nc1ccc(OC)cc1)Nc1ccc([N+](=O)[O-])cc1[N+](=O)[O-]. The van der Waals surface area contributed by atoms with E-state index >= 15 is 0 Å². The van der Waals surface area contributed by atoms with Gasteiger partial charge in [-0.2, -0.15) is 0 Å². The summed E-state index contributed by atoms with van der Waals surface area (Å²) in [5.41, 5.74) is -0.00365. The van der Waals surface area contributed by atoms with Gasteiger partial charge in [0.15, 0.2) is 0 Å². The molecule has 166 valence electrons. The zero-order valence-electron chi connectivity index (χ0n) is 17.5. The molecule has 0 aromatic heterocycles. The Bertz CT molecular complexity index is 917. The summed E-state index contributed by atoms with van der Waals surface area (Å²) in [4.78, 5) is 33.6. The van der Waals surface area contributed by atoms with E-state index in [1.165, 1.54) is 12.1 Å². The molecular weight excluding hydrogens is 404 g/mol. The number of nitro groups is 2. The van der Waals surface area contributed by atoms with Crippen LogP contribution >= 0.6 is 0 Å². The smallest absolute Gasteiger partial charge is 0.299 e. The minimum absolute atomic E-state index is 0.0872. The van der Waals surface area contributed by atoms with E-state index in [1.54, 1.807) is 31.4 Å². The predicted octanol–water partition coefficient (Wildman–Crippen LogP) is 4.90. The van der Waals surface area contributed by atoms with Crippen LogP contribution in [0.15, 0.2) is 42.5 Å². The minimum atomic E-state index is -0.683. The molecule has 1 atom stereocenters. The van der Waals surface area contributed by atoms with Crippen LogP contribution in [0.3, 0.4) is 0 Å². The van der Waals surface area contributed by atoms with Gasteiger partial charge in [-0.15, -0.1) is 0 Å². The highest BCUT2D eigenvalue weighted by Crippen LogP contribution is 2.30. The van der Waals surface area contributed by atoms with Crippen LogP contribution in [0.1, 0.15) is 39.0 Å². The van der Waals surface area contributed by atoms with E-state index in [2.05, 4.69) is 17.6 Å². The Balaban J connectivity index is 2.14. The van der Waals surface area contributed by atoms with Crippen molar-refractivity contribution >= 4 is 28.7 Å². The van der Waals surface area contributed by atoms with Crippen molar-refractivity contribution in [3.05, 3.63) is 62.7 Å². The molecule has 0 saturated carbocycles. The first-order valence-electron chi connectivity index (χ1n) is 9.97. The van der Waals surface area contributed by atoms with Crippen LogP contribution in [0.25, 0.3) is 0 Å². The summed E-state index contributed by atoms with van der Waals surface area (Å²) < 4.78 is 5.09. The van der Waals surface area contributed by atoms with Gasteiger partial charge in [-0.25, -0.2) is 0 Å². The maximum absolute atomic E-state index is 12.6. The lowest BCUT2D eigenvalue weighted by Crippen LogP contribution is -2.27. The number of nitro benzene ring substituents is 2. The number of non-ortho nitro benzene ring substituents is 1. The fourth-order valence-corrected chi connectivity index (χ4v) is 3.10. The predicted molar refractivity (Wildman–Crippen MR) is 118 cm³/mol. The van der Waals surface area contributed by atoms with Crippen LogP contribution in [-0.2, 0) is 4.79 Å². The largest absolute Gasteiger partial charge is 0.497 e. The summed E-state index contributed by atoms with van der Waals surface area (Å²) in [6, 6.07) is 9.96. The van der Waals surface area contributed by atoms with E-state index in [1.807, 2.05) is 0 Å². The molecule has 0 heterocycles. The Hall–Kier alpha value is -3.69. The van der Waals surface area contributed by atoms with Crippen molar-refractivity contribution in [3.63, 3.8) is 0 Å². The molecule has 31 heavy (non-hydrogen) atoms. The van der Waals surface area contributed by atoms with Crippen molar-refractivity contribution in [3.8, 4) is 5.75 Å². The Labute approximate surface area is 179 Å². The van der Waals surface area contributed by atoms with Crippen LogP contribution in [0, 0.1) is 20.2 Å². The zero-order valence-corrected chi connectivity index (χ0v) is 17.5. The maximum Gasteiger partial charge on any atom is 0.299 e. The molecule has 2 aromatic rings. The third-order valence-electron chi connectivity index (χ3n) is 4.71. The lowest BCUT2D eigenvalue weighted by Gasteiger charge is -2.19. The maximum atomic E-state index is 12.6. The molecule has 0 aliphatic rings. The lowest BCUT2D eigenvalue weighted by atomic mass is 10.0. The Morgan fingerprint density at radius 3 is 2.35 bits per heavy atom. The number of unbranched alkanes of at least 4 members (excludes halogenated alkanes) is 2. The summed E-state index contributed by atoms with van der Waals surface area (Å²) in [5, 5.41) is 28.2. The van der Waals surface area contributed by atoms with Crippen molar-refractivity contribution in [1.29, 1.82) is 0 Å². The van der Waals surface area contributed by atoms with E-state index in [0.29, 0.717) is 17.9 Å². The van der Waals surface area contributed by atoms with Gasteiger partial charge >= 0.3 is 0 Å². The van der Waals surface area contributed by atoms with Gasteiger partial charge in [-0.05, 0) is 36.8 Å². The summed E-state index contributed by atoms with van der Waals surface area (Å²) >= 11 is 0. The number of ether oxygens (including phenoxy) is 1. The highest BCUT2D eigenvalue weighted by molar-refractivity contribution is 5.91. The van der Waals surface area contributed by atoms with Gasteiger partial charge in [0, 0.05) is 24.2 Å². The Kier molecular flexibility index (Phi) is 8.74. The number of carbonyl (C=O) groups is 1. The topological polar surface area (TPSA) is 137 Å². The highest BCUT2D eigenvalue weighted by Gasteiger charge is 2.22. The molecule has 2 aromatic carbocycles. The number of hydrogen-bond acceptors (Lipinski definition) is 7. The molecule has 0 radical (unpaired) electrons. The van der Waals surface area contributed by atoms with Gasteiger partial charge in [0.25, 0.3) is 11.4 Å². The second-order valence-corrected chi connectivity index (χ2v) is 7.03. The number of benzene rings is 2. The number of rotatable bonds is 12. The number of methoxy groups -OCH3 is 1. The average Bonchev–Trinajstić information content (AvgIpc) is 2.74. The van der Waals surface area contributed by atoms with Gasteiger partial charge < -0.3 is 15.4 Å². The van der Waals surface area contributed by atoms with Crippen molar-refractivity contribution in [2.45, 2.75) is 45.1 Å². The molecule has 0 fully saturated rings. The summed E-state index contributed by atoms with van der Waals surface area (Å²) in [5.74, 6) is 0.423. The van der Waals surface area contributed by atoms with Crippen LogP contribution < -0.4 is 15.4 Å². The van der Waals surface area contributed by atoms with E-state index in [9.17, 15) is 25.0 Å². The number of hydrogen-bond donors (Lipinski definition) is 2. The van der Waals surface area contributed by atoms with Crippen LogP contribution in [0.2, 0.25) is 0 Å². The number of nitrogens with one attached hydrogen (secondary N) is 2. The molecular formula is C21H26N4O6. The van der Waals surface area contributed by atoms with Crippen LogP contribution in [0.5, 0.6) is 5.75 Å². The van der Waals surface area contributed by atoms with Gasteiger partial charge in [-0.3, -0.25) is 25.0 Å². The standard InChI is InChI=1S/C21H26N4O6/c1-3-4-5-6-16(13-21(26)23-15-7-10-18(31-2)11-8-15)22-19-12-9-17(24(27)28)14-20(19)25(29)30/h7-12,14,16,22H,3-6,13H2,1-2H3,(H,23,26)/t16-/m1/s1. The highest BCUT2D eigenvalue weighted by atomic mass is 16.6. The summed E-state index contributed by atoms with van der Waals surface area (Å²) in [7, 11) is 1.55. The van der Waals surface area contributed by atoms with Crippen molar-refractivity contribution in [1.82, 2.24) is 0 Å². The van der Waals surface area contributed by atoms with Crippen molar-refractivity contribution in [2.75, 3.05) is 17.7 Å². The van der Waals surface area contributed by atoms with Crippen molar-refractivity contribution in [2.24, 2.45) is 0 Å². The summed E-state index contributed by atoms with van der Waals surface area (Å²) in [6.07, 6.45) is 3.50. The molecule has 1 amide bonds. The number of amides is 1. The first-order valence-corrected chi connectivity index (χ1v) is 9.97. The summed E-state index contributed by atoms with van der Waals surface area (Å²) in [6.45, 7) is 2.06. The van der Waals surface area contributed by atoms with Crippen molar-refractivity contribution < 1.29 is 19.4 Å². The quantitative estimate of drug-likeness (QED) is 0.277. The molecule has 10 heteroatoms. The first-order chi connectivity index (χ1) is 14.8. The molecule has 0 unspecified atom stereocenters. The second-order valence-electron chi connectivity index (χ2n) is 7.03. The van der Waals surface area contributed by atoms with Crippen LogP contribution in [0.4, 0.5) is 22.7 Å².